The van der Waals surface area contributed by atoms with E-state index in [0.717, 1.165) is 0 Å². The minimum Gasteiger partial charge on any atom is -0.453 e. The van der Waals surface area contributed by atoms with E-state index in [1.165, 1.54) is 0 Å². The smallest absolute Gasteiger partial charge is 0.422 e. The molecule has 0 saturated heterocycles. The van der Waals surface area contributed by atoms with Crippen molar-refractivity contribution >= 4 is 11.4 Å². The van der Waals surface area contributed by atoms with Gasteiger partial charge >= 0.3 is 18.5 Å². The van der Waals surface area contributed by atoms with Crippen molar-refractivity contribution < 1.29 is 75.3 Å². The molecule has 0 atom stereocenters. The van der Waals surface area contributed by atoms with E-state index in [1.807, 2.05) is 0 Å². The number of ether oxygens (including phenoxy) is 2. The summed E-state index contributed by atoms with van der Waals surface area (Å²) in [7, 11) is 0. The molecule has 19 heteroatoms. The van der Waals surface area contributed by atoms with Crippen LogP contribution in [0.1, 0.15) is 16.7 Å². The average molecular weight is 604 g/mol. The summed E-state index contributed by atoms with van der Waals surface area (Å²) < 4.78 is 214. The largest absolute Gasteiger partial charge is 0.453 e. The predicted octanol–water partition coefficient (Wildman–Crippen LogP) is 8.33. The first kappa shape index (κ1) is 30.4. The summed E-state index contributed by atoms with van der Waals surface area (Å²) >= 11 is 0. The number of nitrogens with two attached hydrogens (primary N) is 2. The van der Waals surface area contributed by atoms with Gasteiger partial charge in [0, 0.05) is 18.2 Å². The van der Waals surface area contributed by atoms with E-state index >= 15 is 0 Å². The maximum atomic E-state index is 14.5. The third-order valence-electron chi connectivity index (χ3n) is 4.86. The fraction of sp³-hybridized carbons (Fsp3) is 0.143. The molecule has 3 aromatic carbocycles. The molecule has 0 unspecified atom stereocenters. The van der Waals surface area contributed by atoms with Gasteiger partial charge < -0.3 is 20.9 Å². The number of rotatable bonds is 4. The number of anilines is 2. The Bertz CT molecular complexity index is 1490. The van der Waals surface area contributed by atoms with E-state index in [1.54, 1.807) is 0 Å². The van der Waals surface area contributed by atoms with Crippen molar-refractivity contribution in [3.63, 3.8) is 0 Å². The lowest BCUT2D eigenvalue weighted by Crippen LogP contribution is -2.17. The van der Waals surface area contributed by atoms with Gasteiger partial charge in [-0.15, -0.1) is 0 Å². The maximum Gasteiger partial charge on any atom is 0.422 e. The zero-order valence-corrected chi connectivity index (χ0v) is 18.4. The Balaban J connectivity index is 2.35. The van der Waals surface area contributed by atoms with Gasteiger partial charge in [-0.25, -0.2) is 22.0 Å². The van der Waals surface area contributed by atoms with E-state index < -0.39 is 111 Å². The average Bonchev–Trinajstić information content (AvgIpc) is 2.76. The first-order valence-corrected chi connectivity index (χ1v) is 9.71. The van der Waals surface area contributed by atoms with Crippen LogP contribution >= 0.6 is 0 Å². The molecule has 0 spiro atoms. The van der Waals surface area contributed by atoms with Crippen LogP contribution in [0.15, 0.2) is 18.2 Å². The molecule has 3 rings (SSSR count). The summed E-state index contributed by atoms with van der Waals surface area (Å²) in [6.07, 6.45) is -17.7. The summed E-state index contributed by atoms with van der Waals surface area (Å²) in [5.41, 5.74) is -1.90. The van der Waals surface area contributed by atoms with Crippen molar-refractivity contribution in [2.24, 2.45) is 0 Å². The minimum absolute atomic E-state index is 0.331. The van der Waals surface area contributed by atoms with Crippen LogP contribution in [0.5, 0.6) is 23.0 Å². The Morgan fingerprint density at radius 2 is 0.800 bits per heavy atom. The Labute approximate surface area is 210 Å². The number of halogens is 15. The molecule has 0 aliphatic carbocycles. The minimum atomic E-state index is -6.05. The summed E-state index contributed by atoms with van der Waals surface area (Å²) in [5, 5.41) is 0. The molecule has 4 nitrogen and oxygen atoms in total. The van der Waals surface area contributed by atoms with E-state index in [-0.39, 0.29) is 12.1 Å². The van der Waals surface area contributed by atoms with Gasteiger partial charge in [-0.1, -0.05) is 0 Å². The highest BCUT2D eigenvalue weighted by Crippen LogP contribution is 2.50. The highest BCUT2D eigenvalue weighted by molar-refractivity contribution is 5.61. The lowest BCUT2D eigenvalue weighted by Gasteiger charge is -2.21. The molecule has 0 aromatic heterocycles. The van der Waals surface area contributed by atoms with Crippen molar-refractivity contribution in [2.45, 2.75) is 18.5 Å². The fourth-order valence-corrected chi connectivity index (χ4v) is 3.21. The zero-order valence-electron chi connectivity index (χ0n) is 18.4. The van der Waals surface area contributed by atoms with Crippen LogP contribution in [-0.4, -0.2) is 0 Å². The van der Waals surface area contributed by atoms with Crippen LogP contribution < -0.4 is 20.9 Å². The quantitative estimate of drug-likeness (QED) is 0.232. The zero-order chi connectivity index (χ0) is 30.7. The van der Waals surface area contributed by atoms with Gasteiger partial charge in [0.15, 0.2) is 34.7 Å². The summed E-state index contributed by atoms with van der Waals surface area (Å²) in [6, 6.07) is -1.24. The molecule has 218 valence electrons. The van der Waals surface area contributed by atoms with E-state index in [9.17, 15) is 65.9 Å². The highest BCUT2D eigenvalue weighted by Gasteiger charge is 2.45. The number of nitrogen functional groups attached to an aromatic ring is 2. The molecule has 0 aliphatic heterocycles. The number of alkyl halides is 9. The third kappa shape index (κ3) is 5.44. The second kappa shape index (κ2) is 9.77. The van der Waals surface area contributed by atoms with Crippen LogP contribution in [0, 0.1) is 34.9 Å². The lowest BCUT2D eigenvalue weighted by molar-refractivity contribution is -0.141. The van der Waals surface area contributed by atoms with Crippen LogP contribution in [0.3, 0.4) is 0 Å². The Kier molecular flexibility index (Phi) is 7.42. The van der Waals surface area contributed by atoms with Crippen molar-refractivity contribution in [3.8, 4) is 23.0 Å². The molecule has 0 fully saturated rings. The first-order valence-electron chi connectivity index (χ1n) is 9.71. The third-order valence-corrected chi connectivity index (χ3v) is 4.86. The van der Waals surface area contributed by atoms with Crippen molar-refractivity contribution in [1.82, 2.24) is 0 Å². The van der Waals surface area contributed by atoms with Crippen molar-refractivity contribution in [1.29, 1.82) is 0 Å². The van der Waals surface area contributed by atoms with Gasteiger partial charge in [0.1, 0.15) is 34.1 Å². The Morgan fingerprint density at radius 3 is 1.15 bits per heavy atom. The van der Waals surface area contributed by atoms with Crippen LogP contribution in [-0.2, 0) is 18.5 Å². The van der Waals surface area contributed by atoms with Crippen LogP contribution in [0.25, 0.3) is 0 Å². The second-order valence-corrected chi connectivity index (χ2v) is 7.49. The molecule has 0 amide bonds. The Hall–Kier alpha value is -4.19. The molecule has 0 heterocycles. The molecule has 0 radical (unpaired) electrons. The first-order chi connectivity index (χ1) is 18.1. The standard InChI is InChI=1S/C21H7F15N2O2/c22-4-1-6(24)17(11(15(4)37)20(31,32)33)39-8-3-9(13(26)14(27)10(8)19(28,29)30)40-18-7(25)2-5(23)16(38)12(18)21(34,35)36/h1-3H,37-38H2. The number of benzene rings is 3. The summed E-state index contributed by atoms with van der Waals surface area (Å²) in [5.74, 6) is -23.5. The van der Waals surface area contributed by atoms with Crippen molar-refractivity contribution in [3.05, 3.63) is 69.8 Å². The predicted molar refractivity (Wildman–Crippen MR) is 103 cm³/mol. The molecule has 40 heavy (non-hydrogen) atoms. The van der Waals surface area contributed by atoms with Crippen molar-refractivity contribution in [2.75, 3.05) is 11.5 Å². The topological polar surface area (TPSA) is 70.5 Å². The SMILES string of the molecule is Nc1c(F)cc(F)c(Oc2cc(Oc3c(F)cc(F)c(N)c3C(F)(F)F)c(C(F)(F)F)c(F)c2F)c1C(F)(F)F. The van der Waals surface area contributed by atoms with Gasteiger partial charge in [0.05, 0.1) is 11.4 Å². The number of hydrogen-bond donors (Lipinski definition) is 2. The maximum absolute atomic E-state index is 14.5. The summed E-state index contributed by atoms with van der Waals surface area (Å²) in [6.45, 7) is 0. The molecular weight excluding hydrogens is 597 g/mol. The van der Waals surface area contributed by atoms with Crippen LogP contribution in [0.4, 0.5) is 77.2 Å². The van der Waals surface area contributed by atoms with E-state index in [0.29, 0.717) is 0 Å². The molecule has 4 N–H and O–H groups in total. The molecular formula is C21H7F15N2O2. The highest BCUT2D eigenvalue weighted by atomic mass is 19.4. The van der Waals surface area contributed by atoms with Gasteiger partial charge in [-0.05, 0) is 0 Å². The van der Waals surface area contributed by atoms with E-state index in [4.69, 9.17) is 11.5 Å². The summed E-state index contributed by atoms with van der Waals surface area (Å²) in [4.78, 5) is 0. The van der Waals surface area contributed by atoms with Crippen LogP contribution in [0.2, 0.25) is 0 Å². The fourth-order valence-electron chi connectivity index (χ4n) is 3.21. The lowest BCUT2D eigenvalue weighted by atomic mass is 10.1. The van der Waals surface area contributed by atoms with Gasteiger partial charge in [0.2, 0.25) is 5.82 Å². The molecule has 3 aromatic rings. The molecule has 0 saturated carbocycles. The van der Waals surface area contributed by atoms with Gasteiger partial charge in [-0.3, -0.25) is 0 Å². The second-order valence-electron chi connectivity index (χ2n) is 7.49. The number of hydrogen-bond acceptors (Lipinski definition) is 4. The molecule has 0 aliphatic rings. The molecule has 0 bridgehead atoms. The normalized spacial score (nSPS) is 12.6. The monoisotopic (exact) mass is 604 g/mol. The van der Waals surface area contributed by atoms with Gasteiger partial charge in [-0.2, -0.15) is 43.9 Å². The Morgan fingerprint density at radius 1 is 0.450 bits per heavy atom. The van der Waals surface area contributed by atoms with Gasteiger partial charge in [0.25, 0.3) is 0 Å². The van der Waals surface area contributed by atoms with E-state index in [2.05, 4.69) is 9.47 Å².